The van der Waals surface area contributed by atoms with Crippen molar-refractivity contribution in [1.82, 2.24) is 4.98 Å². The second kappa shape index (κ2) is 7.22. The predicted molar refractivity (Wildman–Crippen MR) is 87.6 cm³/mol. The molecule has 0 fully saturated rings. The van der Waals surface area contributed by atoms with E-state index in [0.717, 1.165) is 22.7 Å². The monoisotopic (exact) mass is 304 g/mol. The van der Waals surface area contributed by atoms with Crippen LogP contribution in [0, 0.1) is 6.92 Å². The Morgan fingerprint density at radius 2 is 1.81 bits per heavy atom. The minimum Gasteiger partial charge on any atom is -0.493 e. The zero-order valence-electron chi connectivity index (χ0n) is 12.8. The Morgan fingerprint density at radius 3 is 2.43 bits per heavy atom. The molecule has 4 nitrogen and oxygen atoms in total. The molecule has 1 heterocycles. The zero-order valence-corrected chi connectivity index (χ0v) is 13.6. The first kappa shape index (κ1) is 15.5. The molecule has 0 atom stereocenters. The van der Waals surface area contributed by atoms with Crippen LogP contribution in [0.4, 0.5) is 5.69 Å². The number of thioether (sulfide) groups is 1. The fraction of sp³-hybridized carbons (Fsp3) is 0.312. The Hall–Kier alpha value is -1.88. The number of pyridine rings is 1. The van der Waals surface area contributed by atoms with E-state index in [0.29, 0.717) is 6.54 Å². The molecule has 0 saturated carbocycles. The van der Waals surface area contributed by atoms with Gasteiger partial charge in [0.15, 0.2) is 11.5 Å². The molecular formula is C16H20N2O2S. The summed E-state index contributed by atoms with van der Waals surface area (Å²) in [4.78, 5) is 5.36. The molecule has 0 bridgehead atoms. The minimum absolute atomic E-state index is 0.710. The Bertz CT molecular complexity index is 617. The fourth-order valence-electron chi connectivity index (χ4n) is 2.08. The maximum atomic E-state index is 5.37. The lowest BCUT2D eigenvalue weighted by atomic mass is 10.2. The molecule has 2 aromatic rings. The molecule has 5 heteroatoms. The summed E-state index contributed by atoms with van der Waals surface area (Å²) in [5, 5.41) is 3.39. The van der Waals surface area contributed by atoms with Crippen molar-refractivity contribution in [2.75, 3.05) is 25.8 Å². The summed E-state index contributed by atoms with van der Waals surface area (Å²) in [6.45, 7) is 2.74. The highest BCUT2D eigenvalue weighted by molar-refractivity contribution is 7.98. The number of rotatable bonds is 6. The van der Waals surface area contributed by atoms with Crippen molar-refractivity contribution in [2.24, 2.45) is 0 Å². The zero-order chi connectivity index (χ0) is 15.2. The lowest BCUT2D eigenvalue weighted by Crippen LogP contribution is -2.03. The molecule has 0 unspecified atom stereocenters. The van der Waals surface area contributed by atoms with Gasteiger partial charge >= 0.3 is 0 Å². The summed E-state index contributed by atoms with van der Waals surface area (Å²) >= 11 is 1.69. The van der Waals surface area contributed by atoms with Gasteiger partial charge in [0.2, 0.25) is 0 Å². The number of ether oxygens (including phenoxy) is 2. The third kappa shape index (κ3) is 3.82. The highest BCUT2D eigenvalue weighted by Crippen LogP contribution is 2.34. The summed E-state index contributed by atoms with van der Waals surface area (Å²) in [7, 11) is 3.30. The van der Waals surface area contributed by atoms with Gasteiger partial charge in [0.05, 0.1) is 19.9 Å². The van der Waals surface area contributed by atoms with Crippen LogP contribution in [0.2, 0.25) is 0 Å². The van der Waals surface area contributed by atoms with Crippen LogP contribution in [0.1, 0.15) is 11.1 Å². The van der Waals surface area contributed by atoms with Gasteiger partial charge in [-0.05, 0) is 42.5 Å². The van der Waals surface area contributed by atoms with E-state index >= 15 is 0 Å². The molecule has 0 saturated heterocycles. The minimum atomic E-state index is 0.710. The molecule has 0 spiro atoms. The van der Waals surface area contributed by atoms with Gasteiger partial charge < -0.3 is 14.8 Å². The van der Waals surface area contributed by atoms with E-state index in [1.807, 2.05) is 31.5 Å². The number of aryl methyl sites for hydroxylation is 1. The molecule has 0 amide bonds. The molecule has 2 rings (SSSR count). The van der Waals surface area contributed by atoms with Crippen molar-refractivity contribution < 1.29 is 9.47 Å². The van der Waals surface area contributed by atoms with Crippen molar-refractivity contribution in [2.45, 2.75) is 18.4 Å². The molecule has 21 heavy (non-hydrogen) atoms. The van der Waals surface area contributed by atoms with Crippen LogP contribution in [-0.2, 0) is 6.54 Å². The van der Waals surface area contributed by atoms with Crippen LogP contribution >= 0.6 is 11.8 Å². The topological polar surface area (TPSA) is 43.4 Å². The molecule has 1 aromatic heterocycles. The fourth-order valence-corrected chi connectivity index (χ4v) is 2.70. The molecule has 0 radical (unpaired) electrons. The summed E-state index contributed by atoms with van der Waals surface area (Å²) in [6.07, 6.45) is 5.72. The van der Waals surface area contributed by atoms with E-state index in [-0.39, 0.29) is 0 Å². The lowest BCUT2D eigenvalue weighted by molar-refractivity contribution is 0.353. The second-order valence-electron chi connectivity index (χ2n) is 4.62. The van der Waals surface area contributed by atoms with Crippen molar-refractivity contribution >= 4 is 17.4 Å². The van der Waals surface area contributed by atoms with Gasteiger partial charge in [-0.15, -0.1) is 11.8 Å². The average molecular weight is 304 g/mol. The number of anilines is 1. The highest BCUT2D eigenvalue weighted by Gasteiger charge is 2.10. The molecule has 0 aliphatic carbocycles. The standard InChI is InChI=1S/C16H20N2O2S/c1-11-5-13(10-17-8-11)18-9-12-6-14(19-2)15(20-3)7-16(12)21-4/h5-8,10,18H,9H2,1-4H3. The van der Waals surface area contributed by atoms with Gasteiger partial charge in [-0.25, -0.2) is 0 Å². The molecule has 1 N–H and O–H groups in total. The summed E-state index contributed by atoms with van der Waals surface area (Å²) in [6, 6.07) is 6.10. The van der Waals surface area contributed by atoms with Crippen LogP contribution in [-0.4, -0.2) is 25.5 Å². The quantitative estimate of drug-likeness (QED) is 0.824. The van der Waals surface area contributed by atoms with E-state index in [1.54, 1.807) is 26.0 Å². The van der Waals surface area contributed by atoms with Crippen molar-refractivity contribution in [3.8, 4) is 11.5 Å². The Kier molecular flexibility index (Phi) is 5.33. The van der Waals surface area contributed by atoms with Crippen molar-refractivity contribution in [3.63, 3.8) is 0 Å². The van der Waals surface area contributed by atoms with Crippen LogP contribution in [0.3, 0.4) is 0 Å². The Morgan fingerprint density at radius 1 is 1.10 bits per heavy atom. The van der Waals surface area contributed by atoms with E-state index in [2.05, 4.69) is 22.6 Å². The lowest BCUT2D eigenvalue weighted by Gasteiger charge is -2.14. The van der Waals surface area contributed by atoms with Crippen LogP contribution in [0.15, 0.2) is 35.5 Å². The number of benzene rings is 1. The first-order valence-corrected chi connectivity index (χ1v) is 7.84. The normalized spacial score (nSPS) is 10.3. The van der Waals surface area contributed by atoms with Crippen LogP contribution in [0.5, 0.6) is 11.5 Å². The van der Waals surface area contributed by atoms with E-state index < -0.39 is 0 Å². The van der Waals surface area contributed by atoms with Gasteiger partial charge in [0.25, 0.3) is 0 Å². The maximum Gasteiger partial charge on any atom is 0.161 e. The van der Waals surface area contributed by atoms with Crippen molar-refractivity contribution in [1.29, 1.82) is 0 Å². The number of nitrogens with zero attached hydrogens (tertiary/aromatic N) is 1. The molecular weight excluding hydrogens is 284 g/mol. The molecule has 0 aliphatic heterocycles. The number of nitrogens with one attached hydrogen (secondary N) is 1. The number of hydrogen-bond acceptors (Lipinski definition) is 5. The Labute approximate surface area is 129 Å². The number of methoxy groups -OCH3 is 2. The van der Waals surface area contributed by atoms with Gasteiger partial charge in [0, 0.05) is 23.8 Å². The SMILES string of the molecule is COc1cc(CNc2cncc(C)c2)c(SC)cc1OC. The van der Waals surface area contributed by atoms with Crippen molar-refractivity contribution in [3.05, 3.63) is 41.7 Å². The first-order chi connectivity index (χ1) is 10.2. The average Bonchev–Trinajstić information content (AvgIpc) is 2.52. The maximum absolute atomic E-state index is 5.37. The summed E-state index contributed by atoms with van der Waals surface area (Å²) in [5.41, 5.74) is 3.32. The molecule has 1 aromatic carbocycles. The summed E-state index contributed by atoms with van der Waals surface area (Å²) < 4.78 is 10.7. The number of hydrogen-bond donors (Lipinski definition) is 1. The van der Waals surface area contributed by atoms with Gasteiger partial charge in [-0.3, -0.25) is 4.98 Å². The van der Waals surface area contributed by atoms with E-state index in [4.69, 9.17) is 9.47 Å². The van der Waals surface area contributed by atoms with Gasteiger partial charge in [-0.1, -0.05) is 0 Å². The molecule has 0 aliphatic rings. The number of aromatic nitrogens is 1. The van der Waals surface area contributed by atoms with E-state index in [9.17, 15) is 0 Å². The largest absolute Gasteiger partial charge is 0.493 e. The van der Waals surface area contributed by atoms with Crippen LogP contribution < -0.4 is 14.8 Å². The van der Waals surface area contributed by atoms with Crippen LogP contribution in [0.25, 0.3) is 0 Å². The highest BCUT2D eigenvalue weighted by atomic mass is 32.2. The second-order valence-corrected chi connectivity index (χ2v) is 5.47. The molecule has 112 valence electrons. The third-order valence-corrected chi connectivity index (χ3v) is 3.96. The smallest absolute Gasteiger partial charge is 0.161 e. The predicted octanol–water partition coefficient (Wildman–Crippen LogP) is 3.74. The first-order valence-electron chi connectivity index (χ1n) is 6.62. The van der Waals surface area contributed by atoms with Gasteiger partial charge in [0.1, 0.15) is 0 Å². The summed E-state index contributed by atoms with van der Waals surface area (Å²) in [5.74, 6) is 1.50. The van der Waals surface area contributed by atoms with E-state index in [1.165, 1.54) is 10.5 Å². The van der Waals surface area contributed by atoms with Gasteiger partial charge in [-0.2, -0.15) is 0 Å². The third-order valence-electron chi connectivity index (χ3n) is 3.14. The Balaban J connectivity index is 2.22.